The van der Waals surface area contributed by atoms with Crippen molar-refractivity contribution in [1.29, 1.82) is 0 Å². The second-order valence-corrected chi connectivity index (χ2v) is 7.72. The third-order valence-electron chi connectivity index (χ3n) is 3.14. The molecule has 0 saturated carbocycles. The lowest BCUT2D eigenvalue weighted by Crippen LogP contribution is -2.27. The predicted molar refractivity (Wildman–Crippen MR) is 90.6 cm³/mol. The largest absolute Gasteiger partial charge is 0.496 e. The summed E-state index contributed by atoms with van der Waals surface area (Å²) in [5.74, 6) is 0.325. The van der Waals surface area contributed by atoms with Crippen molar-refractivity contribution in [2.75, 3.05) is 12.4 Å². The molecule has 0 saturated heterocycles. The van der Waals surface area contributed by atoms with Crippen LogP contribution in [-0.2, 0) is 14.8 Å². The molecule has 1 aromatic heterocycles. The Morgan fingerprint density at radius 3 is 2.71 bits per heavy atom. The minimum atomic E-state index is -3.87. The highest BCUT2D eigenvalue weighted by atomic mass is 32.2. The molecular formula is C14H18N4O4S2. The first-order chi connectivity index (χ1) is 11.4. The Labute approximate surface area is 144 Å². The number of carbonyl (C=O) groups excluding carboxylic acids is 1. The van der Waals surface area contributed by atoms with E-state index < -0.39 is 16.1 Å². The Bertz CT molecular complexity index is 820. The van der Waals surface area contributed by atoms with Gasteiger partial charge in [0.05, 0.1) is 7.11 Å². The van der Waals surface area contributed by atoms with Gasteiger partial charge in [-0.1, -0.05) is 36.5 Å². The lowest BCUT2D eigenvalue weighted by atomic mass is 10.1. The van der Waals surface area contributed by atoms with Crippen LogP contribution >= 0.6 is 11.3 Å². The van der Waals surface area contributed by atoms with Crippen molar-refractivity contribution >= 4 is 32.4 Å². The fourth-order valence-corrected chi connectivity index (χ4v) is 4.10. The van der Waals surface area contributed by atoms with Gasteiger partial charge in [-0.15, -0.1) is 10.2 Å². The van der Waals surface area contributed by atoms with E-state index >= 15 is 0 Å². The molecule has 0 aliphatic heterocycles. The normalized spacial score (nSPS) is 12.6. The van der Waals surface area contributed by atoms with Crippen LogP contribution in [0, 0.1) is 0 Å². The summed E-state index contributed by atoms with van der Waals surface area (Å²) in [5, 5.41) is 9.94. The molecule has 1 aromatic carbocycles. The Kier molecular flexibility index (Phi) is 5.86. The number of para-hydroxylation sites is 1. The third kappa shape index (κ3) is 4.28. The van der Waals surface area contributed by atoms with Crippen LogP contribution in [0.15, 0.2) is 28.6 Å². The number of benzene rings is 1. The molecule has 1 atom stereocenters. The van der Waals surface area contributed by atoms with Gasteiger partial charge in [-0.2, -0.15) is 0 Å². The number of nitrogens with one attached hydrogen (secondary N) is 2. The Hall–Kier alpha value is -2.04. The second-order valence-electron chi connectivity index (χ2n) is 4.86. The van der Waals surface area contributed by atoms with E-state index in [4.69, 9.17) is 4.74 Å². The topological polar surface area (TPSA) is 110 Å². The number of hydrogen-bond acceptors (Lipinski definition) is 7. The lowest BCUT2D eigenvalue weighted by Gasteiger charge is -2.16. The SMILES string of the molecule is CCC(=O)Nc1nnc(S(=O)(=O)N[C@H](C)c2ccccc2OC)s1. The van der Waals surface area contributed by atoms with Crippen LogP contribution < -0.4 is 14.8 Å². The second kappa shape index (κ2) is 7.69. The van der Waals surface area contributed by atoms with Gasteiger partial charge in [0.15, 0.2) is 0 Å². The molecule has 2 aromatic rings. The monoisotopic (exact) mass is 370 g/mol. The van der Waals surface area contributed by atoms with E-state index in [1.165, 1.54) is 7.11 Å². The number of sulfonamides is 1. The highest BCUT2D eigenvalue weighted by Crippen LogP contribution is 2.27. The molecule has 0 aliphatic rings. The first kappa shape index (κ1) is 18.3. The van der Waals surface area contributed by atoms with E-state index in [1.54, 1.807) is 38.1 Å². The van der Waals surface area contributed by atoms with Crippen LogP contribution in [0.5, 0.6) is 5.75 Å². The minimum Gasteiger partial charge on any atom is -0.496 e. The number of rotatable bonds is 7. The third-order valence-corrected chi connectivity index (χ3v) is 5.89. The first-order valence-corrected chi connectivity index (χ1v) is 9.46. The summed E-state index contributed by atoms with van der Waals surface area (Å²) >= 11 is 0.795. The van der Waals surface area contributed by atoms with Gasteiger partial charge in [-0.3, -0.25) is 4.79 Å². The van der Waals surface area contributed by atoms with Gasteiger partial charge in [-0.05, 0) is 13.0 Å². The summed E-state index contributed by atoms with van der Waals surface area (Å²) < 4.78 is 32.4. The van der Waals surface area contributed by atoms with E-state index in [1.807, 2.05) is 0 Å². The van der Waals surface area contributed by atoms with Crippen LogP contribution in [-0.4, -0.2) is 31.6 Å². The summed E-state index contributed by atoms with van der Waals surface area (Å²) in [7, 11) is -2.34. The average molecular weight is 370 g/mol. The summed E-state index contributed by atoms with van der Waals surface area (Å²) in [6.07, 6.45) is 0.269. The number of anilines is 1. The number of hydrogen-bond donors (Lipinski definition) is 2. The maximum Gasteiger partial charge on any atom is 0.270 e. The highest BCUT2D eigenvalue weighted by Gasteiger charge is 2.24. The van der Waals surface area contributed by atoms with Crippen LogP contribution in [0.3, 0.4) is 0 Å². The Balaban J connectivity index is 2.17. The molecule has 0 fully saturated rings. The van der Waals surface area contributed by atoms with Crippen molar-refractivity contribution in [3.05, 3.63) is 29.8 Å². The molecule has 8 nitrogen and oxygen atoms in total. The maximum absolute atomic E-state index is 12.4. The molecule has 1 heterocycles. The van der Waals surface area contributed by atoms with Gasteiger partial charge in [-0.25, -0.2) is 13.1 Å². The zero-order valence-corrected chi connectivity index (χ0v) is 15.1. The molecule has 0 unspecified atom stereocenters. The van der Waals surface area contributed by atoms with E-state index in [0.717, 1.165) is 11.3 Å². The molecule has 0 spiro atoms. The van der Waals surface area contributed by atoms with Gasteiger partial charge in [0.2, 0.25) is 15.4 Å². The van der Waals surface area contributed by atoms with E-state index in [9.17, 15) is 13.2 Å². The number of nitrogens with zero attached hydrogens (tertiary/aromatic N) is 2. The molecule has 0 radical (unpaired) electrons. The predicted octanol–water partition coefficient (Wildman–Crippen LogP) is 1.93. The first-order valence-electron chi connectivity index (χ1n) is 7.16. The summed E-state index contributed by atoms with van der Waals surface area (Å²) in [6, 6.07) is 6.61. The molecule has 2 rings (SSSR count). The van der Waals surface area contributed by atoms with Gasteiger partial charge in [0.25, 0.3) is 10.0 Å². The highest BCUT2D eigenvalue weighted by molar-refractivity contribution is 7.91. The number of methoxy groups -OCH3 is 1. The fraction of sp³-hybridized carbons (Fsp3) is 0.357. The number of amides is 1. The van der Waals surface area contributed by atoms with Gasteiger partial charge in [0, 0.05) is 18.0 Å². The average Bonchev–Trinajstić information content (AvgIpc) is 3.03. The summed E-state index contributed by atoms with van der Waals surface area (Å²) in [5.41, 5.74) is 0.701. The van der Waals surface area contributed by atoms with Crippen molar-refractivity contribution in [2.45, 2.75) is 30.6 Å². The zero-order chi connectivity index (χ0) is 17.7. The van der Waals surface area contributed by atoms with Crippen LogP contribution in [0.1, 0.15) is 31.9 Å². The molecule has 0 aliphatic carbocycles. The van der Waals surface area contributed by atoms with E-state index in [0.29, 0.717) is 11.3 Å². The molecule has 10 heteroatoms. The zero-order valence-electron chi connectivity index (χ0n) is 13.4. The number of carbonyl (C=O) groups is 1. The molecule has 1 amide bonds. The van der Waals surface area contributed by atoms with E-state index in [-0.39, 0.29) is 21.8 Å². The standard InChI is InChI=1S/C14H18N4O4S2/c1-4-12(19)15-13-16-17-14(23-13)24(20,21)18-9(2)10-7-5-6-8-11(10)22-3/h5-9,18H,4H2,1-3H3,(H,15,16,19)/t9-/m1/s1. The van der Waals surface area contributed by atoms with E-state index in [2.05, 4.69) is 20.2 Å². The maximum atomic E-state index is 12.4. The van der Waals surface area contributed by atoms with Crippen LogP contribution in [0.4, 0.5) is 5.13 Å². The fourth-order valence-electron chi connectivity index (χ4n) is 1.95. The molecule has 0 bridgehead atoms. The van der Waals surface area contributed by atoms with Crippen molar-refractivity contribution in [2.24, 2.45) is 0 Å². The molecular weight excluding hydrogens is 352 g/mol. The van der Waals surface area contributed by atoms with Gasteiger partial charge in [0.1, 0.15) is 5.75 Å². The van der Waals surface area contributed by atoms with Crippen LogP contribution in [0.2, 0.25) is 0 Å². The van der Waals surface area contributed by atoms with Crippen molar-refractivity contribution in [1.82, 2.24) is 14.9 Å². The Morgan fingerprint density at radius 2 is 2.04 bits per heavy atom. The summed E-state index contributed by atoms with van der Waals surface area (Å²) in [4.78, 5) is 11.3. The number of aromatic nitrogens is 2. The van der Waals surface area contributed by atoms with Gasteiger partial charge >= 0.3 is 0 Å². The summed E-state index contributed by atoms with van der Waals surface area (Å²) in [6.45, 7) is 3.39. The van der Waals surface area contributed by atoms with Crippen molar-refractivity contribution in [3.63, 3.8) is 0 Å². The Morgan fingerprint density at radius 1 is 1.33 bits per heavy atom. The quantitative estimate of drug-likeness (QED) is 0.721. The number of ether oxygens (including phenoxy) is 1. The van der Waals surface area contributed by atoms with Crippen molar-refractivity contribution in [3.8, 4) is 5.75 Å². The van der Waals surface area contributed by atoms with Crippen molar-refractivity contribution < 1.29 is 17.9 Å². The molecule has 130 valence electrons. The van der Waals surface area contributed by atoms with Crippen LogP contribution in [0.25, 0.3) is 0 Å². The lowest BCUT2D eigenvalue weighted by molar-refractivity contribution is -0.115. The smallest absolute Gasteiger partial charge is 0.270 e. The molecule has 24 heavy (non-hydrogen) atoms. The van der Waals surface area contributed by atoms with Gasteiger partial charge < -0.3 is 10.1 Å². The minimum absolute atomic E-state index is 0.146. The molecule has 2 N–H and O–H groups in total.